The minimum Gasteiger partial charge on any atom is -0.382 e. The summed E-state index contributed by atoms with van der Waals surface area (Å²) in [6.45, 7) is 2.02. The van der Waals surface area contributed by atoms with Crippen LogP contribution in [0, 0.1) is 6.92 Å². The van der Waals surface area contributed by atoms with Crippen LogP contribution < -0.4 is 10.9 Å². The van der Waals surface area contributed by atoms with Gasteiger partial charge in [0.15, 0.2) is 0 Å². The smallest absolute Gasteiger partial charge is 0.274 e. The van der Waals surface area contributed by atoms with Gasteiger partial charge in [-0.05, 0) is 6.92 Å². The lowest BCUT2D eigenvalue weighted by molar-refractivity contribution is 1.12. The number of nitrogens with zero attached hydrogens (tertiary/aromatic N) is 1. The normalized spacial score (nSPS) is 10.1. The Balaban J connectivity index is 2.45. The van der Waals surface area contributed by atoms with Crippen LogP contribution in [0.25, 0.3) is 11.4 Å². The van der Waals surface area contributed by atoms with E-state index in [1.54, 1.807) is 7.05 Å². The monoisotopic (exact) mass is 215 g/mol. The molecule has 1 heterocycles. The molecule has 0 saturated carbocycles. The minimum absolute atomic E-state index is 0.159. The standard InChI is InChI=1S/C12H13N3O/c1-8-3-5-9(6-4-8)11-14-7-10(13-2)12(16)15-11/h3-7,13H,1-2H3,(H,14,15,16). The van der Waals surface area contributed by atoms with Gasteiger partial charge in [-0.1, -0.05) is 29.8 Å². The molecule has 82 valence electrons. The number of benzene rings is 1. The number of nitrogens with one attached hydrogen (secondary N) is 2. The maximum atomic E-state index is 11.6. The largest absolute Gasteiger partial charge is 0.382 e. The molecular formula is C12H13N3O. The summed E-state index contributed by atoms with van der Waals surface area (Å²) in [7, 11) is 1.69. The average molecular weight is 215 g/mol. The summed E-state index contributed by atoms with van der Waals surface area (Å²) in [4.78, 5) is 18.5. The van der Waals surface area contributed by atoms with Crippen molar-refractivity contribution in [3.63, 3.8) is 0 Å². The maximum absolute atomic E-state index is 11.6. The van der Waals surface area contributed by atoms with Gasteiger partial charge in [-0.15, -0.1) is 0 Å². The molecule has 1 aromatic heterocycles. The zero-order valence-corrected chi connectivity index (χ0v) is 9.24. The van der Waals surface area contributed by atoms with Crippen molar-refractivity contribution in [1.82, 2.24) is 9.97 Å². The van der Waals surface area contributed by atoms with Gasteiger partial charge in [-0.2, -0.15) is 0 Å². The summed E-state index contributed by atoms with van der Waals surface area (Å²) in [5.74, 6) is 0.587. The van der Waals surface area contributed by atoms with Gasteiger partial charge in [0.1, 0.15) is 11.5 Å². The van der Waals surface area contributed by atoms with Gasteiger partial charge in [0, 0.05) is 12.6 Å². The molecule has 0 amide bonds. The number of rotatable bonds is 2. The van der Waals surface area contributed by atoms with Crippen LogP contribution in [0.15, 0.2) is 35.3 Å². The number of anilines is 1. The number of hydrogen-bond donors (Lipinski definition) is 2. The first-order valence-electron chi connectivity index (χ1n) is 5.05. The summed E-state index contributed by atoms with van der Waals surface area (Å²) in [5.41, 5.74) is 2.40. The zero-order chi connectivity index (χ0) is 11.5. The summed E-state index contributed by atoms with van der Waals surface area (Å²) < 4.78 is 0. The summed E-state index contributed by atoms with van der Waals surface area (Å²) in [6, 6.07) is 7.85. The molecule has 4 nitrogen and oxygen atoms in total. The predicted octanol–water partition coefficient (Wildman–Crippen LogP) is 1.79. The fraction of sp³-hybridized carbons (Fsp3) is 0.167. The van der Waals surface area contributed by atoms with E-state index in [0.717, 1.165) is 5.56 Å². The highest BCUT2D eigenvalue weighted by Crippen LogP contribution is 2.14. The van der Waals surface area contributed by atoms with Gasteiger partial charge in [0.25, 0.3) is 5.56 Å². The van der Waals surface area contributed by atoms with Crippen LogP contribution >= 0.6 is 0 Å². The second kappa shape index (κ2) is 4.18. The van der Waals surface area contributed by atoms with Gasteiger partial charge in [0.05, 0.1) is 6.20 Å². The second-order valence-corrected chi connectivity index (χ2v) is 3.59. The molecule has 4 heteroatoms. The van der Waals surface area contributed by atoms with Crippen molar-refractivity contribution in [3.05, 3.63) is 46.4 Å². The Labute approximate surface area is 93.4 Å². The van der Waals surface area contributed by atoms with Crippen LogP contribution in [0.5, 0.6) is 0 Å². The molecule has 2 N–H and O–H groups in total. The Morgan fingerprint density at radius 2 is 1.94 bits per heavy atom. The topological polar surface area (TPSA) is 57.8 Å². The number of hydrogen-bond acceptors (Lipinski definition) is 3. The molecule has 0 spiro atoms. The van der Waals surface area contributed by atoms with Gasteiger partial charge in [-0.25, -0.2) is 4.98 Å². The van der Waals surface area contributed by atoms with Crippen LogP contribution in [0.3, 0.4) is 0 Å². The third kappa shape index (κ3) is 1.95. The average Bonchev–Trinajstić information content (AvgIpc) is 2.30. The molecule has 0 aliphatic heterocycles. The van der Waals surface area contributed by atoms with Gasteiger partial charge in [0.2, 0.25) is 0 Å². The second-order valence-electron chi connectivity index (χ2n) is 3.59. The number of H-pyrrole nitrogens is 1. The SMILES string of the molecule is CNc1cnc(-c2ccc(C)cc2)[nH]c1=O. The Hall–Kier alpha value is -2.10. The van der Waals surface area contributed by atoms with Crippen LogP contribution in [-0.2, 0) is 0 Å². The Morgan fingerprint density at radius 1 is 1.25 bits per heavy atom. The molecular weight excluding hydrogens is 202 g/mol. The van der Waals surface area contributed by atoms with Crippen LogP contribution in [0.2, 0.25) is 0 Å². The van der Waals surface area contributed by atoms with E-state index in [4.69, 9.17) is 0 Å². The molecule has 2 rings (SSSR count). The van der Waals surface area contributed by atoms with Crippen molar-refractivity contribution in [2.24, 2.45) is 0 Å². The van der Waals surface area contributed by atoms with E-state index in [2.05, 4.69) is 15.3 Å². The molecule has 16 heavy (non-hydrogen) atoms. The van der Waals surface area contributed by atoms with E-state index in [0.29, 0.717) is 11.5 Å². The fourth-order valence-corrected chi connectivity index (χ4v) is 1.43. The minimum atomic E-state index is -0.159. The van der Waals surface area contributed by atoms with Crippen LogP contribution in [0.1, 0.15) is 5.56 Å². The lowest BCUT2D eigenvalue weighted by atomic mass is 10.1. The molecule has 2 aromatic rings. The highest BCUT2D eigenvalue weighted by Gasteiger charge is 2.02. The van der Waals surface area contributed by atoms with E-state index >= 15 is 0 Å². The summed E-state index contributed by atoms with van der Waals surface area (Å²) in [5, 5.41) is 2.78. The maximum Gasteiger partial charge on any atom is 0.274 e. The van der Waals surface area contributed by atoms with Gasteiger partial charge in [-0.3, -0.25) is 4.79 Å². The number of aryl methyl sites for hydroxylation is 1. The lowest BCUT2D eigenvalue weighted by Crippen LogP contribution is -2.13. The summed E-state index contributed by atoms with van der Waals surface area (Å²) >= 11 is 0. The van der Waals surface area contributed by atoms with E-state index in [1.807, 2.05) is 31.2 Å². The Bertz CT molecular complexity index is 543. The first kappa shape index (κ1) is 10.4. The van der Waals surface area contributed by atoms with E-state index in [-0.39, 0.29) is 5.56 Å². The fourth-order valence-electron chi connectivity index (χ4n) is 1.43. The van der Waals surface area contributed by atoms with Crippen molar-refractivity contribution < 1.29 is 0 Å². The molecule has 0 unspecified atom stereocenters. The van der Waals surface area contributed by atoms with Crippen molar-refractivity contribution in [1.29, 1.82) is 0 Å². The first-order chi connectivity index (χ1) is 7.70. The van der Waals surface area contributed by atoms with Crippen molar-refractivity contribution >= 4 is 5.69 Å². The van der Waals surface area contributed by atoms with Crippen LogP contribution in [-0.4, -0.2) is 17.0 Å². The highest BCUT2D eigenvalue weighted by molar-refractivity contribution is 5.56. The molecule has 0 atom stereocenters. The quantitative estimate of drug-likeness (QED) is 0.803. The molecule has 0 fully saturated rings. The predicted molar refractivity (Wildman–Crippen MR) is 64.6 cm³/mol. The molecule has 1 aromatic carbocycles. The molecule has 0 saturated heterocycles. The lowest BCUT2D eigenvalue weighted by Gasteiger charge is -2.03. The Morgan fingerprint density at radius 3 is 2.50 bits per heavy atom. The van der Waals surface area contributed by atoms with E-state index < -0.39 is 0 Å². The summed E-state index contributed by atoms with van der Waals surface area (Å²) in [6.07, 6.45) is 1.54. The molecule has 0 bridgehead atoms. The molecule has 0 radical (unpaired) electrons. The third-order valence-electron chi connectivity index (χ3n) is 2.39. The van der Waals surface area contributed by atoms with Gasteiger partial charge >= 0.3 is 0 Å². The van der Waals surface area contributed by atoms with E-state index in [1.165, 1.54) is 11.8 Å². The van der Waals surface area contributed by atoms with Crippen molar-refractivity contribution in [2.45, 2.75) is 6.92 Å². The highest BCUT2D eigenvalue weighted by atomic mass is 16.1. The first-order valence-corrected chi connectivity index (χ1v) is 5.05. The zero-order valence-electron chi connectivity index (χ0n) is 9.24. The van der Waals surface area contributed by atoms with Crippen molar-refractivity contribution in [2.75, 3.05) is 12.4 Å². The molecule has 0 aliphatic rings. The Kier molecular flexibility index (Phi) is 2.72. The van der Waals surface area contributed by atoms with Crippen molar-refractivity contribution in [3.8, 4) is 11.4 Å². The molecule has 0 aliphatic carbocycles. The van der Waals surface area contributed by atoms with Gasteiger partial charge < -0.3 is 10.3 Å². The van der Waals surface area contributed by atoms with E-state index in [9.17, 15) is 4.79 Å². The number of aromatic nitrogens is 2. The van der Waals surface area contributed by atoms with Crippen LogP contribution in [0.4, 0.5) is 5.69 Å². The number of aromatic amines is 1. The third-order valence-corrected chi connectivity index (χ3v) is 2.39.